The summed E-state index contributed by atoms with van der Waals surface area (Å²) in [6, 6.07) is 0. The van der Waals surface area contributed by atoms with Crippen LogP contribution >= 0.6 is 11.8 Å². The molecule has 0 bridgehead atoms. The van der Waals surface area contributed by atoms with E-state index in [-0.39, 0.29) is 17.5 Å². The maximum absolute atomic E-state index is 12.3. The molecule has 20 heavy (non-hydrogen) atoms. The van der Waals surface area contributed by atoms with Crippen molar-refractivity contribution in [1.82, 2.24) is 5.32 Å². The third kappa shape index (κ3) is 6.70. The van der Waals surface area contributed by atoms with Crippen LogP contribution in [0.25, 0.3) is 0 Å². The molecule has 1 N–H and O–H groups in total. The van der Waals surface area contributed by atoms with Crippen LogP contribution in [0.1, 0.15) is 46.5 Å². The highest BCUT2D eigenvalue weighted by atomic mass is 32.2. The molecule has 0 amide bonds. The molecule has 0 heterocycles. The van der Waals surface area contributed by atoms with Crippen LogP contribution in [0.15, 0.2) is 0 Å². The third-order valence-corrected chi connectivity index (χ3v) is 5.30. The summed E-state index contributed by atoms with van der Waals surface area (Å²) < 4.78 is 36.8. The van der Waals surface area contributed by atoms with E-state index in [1.165, 1.54) is 6.42 Å². The summed E-state index contributed by atoms with van der Waals surface area (Å²) in [7, 11) is 0. The van der Waals surface area contributed by atoms with Gasteiger partial charge in [-0.1, -0.05) is 32.5 Å². The smallest absolute Gasteiger partial charge is 0.317 e. The van der Waals surface area contributed by atoms with Crippen molar-refractivity contribution in [2.24, 2.45) is 23.7 Å². The van der Waals surface area contributed by atoms with Crippen LogP contribution in [0.5, 0.6) is 0 Å². The van der Waals surface area contributed by atoms with Crippen molar-refractivity contribution >= 4 is 11.8 Å². The lowest BCUT2D eigenvalue weighted by atomic mass is 9.69. The molecule has 1 fully saturated rings. The third-order valence-electron chi connectivity index (χ3n) is 4.53. The highest BCUT2D eigenvalue weighted by Gasteiger charge is 2.33. The average molecular weight is 311 g/mol. The van der Waals surface area contributed by atoms with Gasteiger partial charge >= 0.3 is 5.51 Å². The number of alkyl halides is 3. The van der Waals surface area contributed by atoms with Crippen molar-refractivity contribution < 1.29 is 13.2 Å². The highest BCUT2D eigenvalue weighted by molar-refractivity contribution is 8.00. The van der Waals surface area contributed by atoms with E-state index in [0.29, 0.717) is 30.1 Å². The lowest BCUT2D eigenvalue weighted by molar-refractivity contribution is -0.0329. The molecule has 0 aliphatic heterocycles. The first-order valence-corrected chi connectivity index (χ1v) is 8.73. The number of hydrogen-bond acceptors (Lipinski definition) is 2. The van der Waals surface area contributed by atoms with Gasteiger partial charge in [-0.3, -0.25) is 0 Å². The van der Waals surface area contributed by atoms with E-state index >= 15 is 0 Å². The molecule has 1 aliphatic rings. The molecule has 0 aromatic heterocycles. The molecule has 0 saturated heterocycles. The van der Waals surface area contributed by atoms with Crippen LogP contribution in [0.3, 0.4) is 0 Å². The van der Waals surface area contributed by atoms with Crippen LogP contribution in [0.2, 0.25) is 0 Å². The van der Waals surface area contributed by atoms with Crippen molar-refractivity contribution in [2.75, 3.05) is 18.8 Å². The Balaban J connectivity index is 2.48. The molecule has 120 valence electrons. The second-order valence-electron chi connectivity index (χ2n) is 6.23. The van der Waals surface area contributed by atoms with Crippen molar-refractivity contribution in [3.05, 3.63) is 0 Å². The fraction of sp³-hybridized carbons (Fsp3) is 1.00. The largest absolute Gasteiger partial charge is 0.441 e. The van der Waals surface area contributed by atoms with Gasteiger partial charge in [0.15, 0.2) is 0 Å². The molecule has 0 radical (unpaired) electrons. The minimum absolute atomic E-state index is 0.142. The van der Waals surface area contributed by atoms with Gasteiger partial charge in [0.2, 0.25) is 0 Å². The maximum Gasteiger partial charge on any atom is 0.441 e. The van der Waals surface area contributed by atoms with Crippen molar-refractivity contribution in [1.29, 1.82) is 0 Å². The van der Waals surface area contributed by atoms with E-state index in [1.54, 1.807) is 0 Å². The van der Waals surface area contributed by atoms with E-state index in [9.17, 15) is 13.2 Å². The molecule has 3 unspecified atom stereocenters. The van der Waals surface area contributed by atoms with Crippen LogP contribution in [0, 0.1) is 23.7 Å². The number of thioether (sulfide) groups is 1. The van der Waals surface area contributed by atoms with Crippen molar-refractivity contribution in [3.8, 4) is 0 Å². The van der Waals surface area contributed by atoms with Gasteiger partial charge in [-0.2, -0.15) is 13.2 Å². The Morgan fingerprint density at radius 3 is 2.45 bits per heavy atom. The average Bonchev–Trinajstić information content (AvgIpc) is 2.35. The molecule has 0 aromatic rings. The van der Waals surface area contributed by atoms with Crippen LogP contribution in [-0.2, 0) is 0 Å². The first-order chi connectivity index (χ1) is 9.33. The van der Waals surface area contributed by atoms with Gasteiger partial charge in [0.05, 0.1) is 0 Å². The molecule has 1 rings (SSSR count). The monoisotopic (exact) mass is 311 g/mol. The number of nitrogens with one attached hydrogen (secondary N) is 1. The molecular weight excluding hydrogens is 283 g/mol. The summed E-state index contributed by atoms with van der Waals surface area (Å²) in [6.45, 7) is 8.44. The van der Waals surface area contributed by atoms with Gasteiger partial charge in [0.1, 0.15) is 0 Å². The Morgan fingerprint density at radius 2 is 1.90 bits per heavy atom. The zero-order valence-electron chi connectivity index (χ0n) is 12.8. The van der Waals surface area contributed by atoms with Crippen molar-refractivity contribution in [3.63, 3.8) is 0 Å². The predicted molar refractivity (Wildman–Crippen MR) is 80.8 cm³/mol. The fourth-order valence-electron chi connectivity index (χ4n) is 3.25. The van der Waals surface area contributed by atoms with Crippen molar-refractivity contribution in [2.45, 2.75) is 52.0 Å². The molecule has 1 aliphatic carbocycles. The number of halogens is 3. The molecule has 1 nitrogen and oxygen atoms in total. The van der Waals surface area contributed by atoms with E-state index < -0.39 is 5.51 Å². The van der Waals surface area contributed by atoms with Gasteiger partial charge < -0.3 is 5.32 Å². The zero-order chi connectivity index (χ0) is 15.2. The van der Waals surface area contributed by atoms with Gasteiger partial charge in [-0.25, -0.2) is 0 Å². The summed E-state index contributed by atoms with van der Waals surface area (Å²) in [5.41, 5.74) is -4.08. The Morgan fingerprint density at radius 1 is 1.20 bits per heavy atom. The normalized spacial score (nSPS) is 28.1. The minimum atomic E-state index is -4.08. The van der Waals surface area contributed by atoms with E-state index in [2.05, 4.69) is 26.1 Å². The lowest BCUT2D eigenvalue weighted by Gasteiger charge is -2.38. The SMILES string of the molecule is CCNCC1CCC(C(C)C)CC1CCSC(F)(F)F. The summed E-state index contributed by atoms with van der Waals surface area (Å²) >= 11 is 0.142. The summed E-state index contributed by atoms with van der Waals surface area (Å²) in [5, 5.41) is 3.37. The molecular formula is C15H28F3NS. The fourth-order valence-corrected chi connectivity index (χ4v) is 3.90. The van der Waals surface area contributed by atoms with Crippen LogP contribution in [0.4, 0.5) is 13.2 Å². The summed E-state index contributed by atoms with van der Waals surface area (Å²) in [4.78, 5) is 0. The lowest BCUT2D eigenvalue weighted by Crippen LogP contribution is -2.34. The highest BCUT2D eigenvalue weighted by Crippen LogP contribution is 2.40. The standard InChI is InChI=1S/C15H28F3NS/c1-4-19-10-14-6-5-12(11(2)3)9-13(14)7-8-20-15(16,17)18/h11-14,19H,4-10H2,1-3H3. The van der Waals surface area contributed by atoms with Crippen LogP contribution in [-0.4, -0.2) is 24.4 Å². The first kappa shape index (κ1) is 18.1. The Bertz CT molecular complexity index is 268. The van der Waals surface area contributed by atoms with E-state index in [0.717, 1.165) is 25.9 Å². The predicted octanol–water partition coefficient (Wildman–Crippen LogP) is 4.93. The van der Waals surface area contributed by atoms with Crippen LogP contribution < -0.4 is 5.32 Å². The van der Waals surface area contributed by atoms with E-state index in [1.807, 2.05) is 0 Å². The Kier molecular flexibility index (Phi) is 7.73. The molecule has 0 spiro atoms. The summed E-state index contributed by atoms with van der Waals surface area (Å²) in [5.74, 6) is 2.55. The number of rotatable bonds is 7. The number of hydrogen-bond donors (Lipinski definition) is 1. The van der Waals surface area contributed by atoms with Gasteiger partial charge in [0.25, 0.3) is 0 Å². The quantitative estimate of drug-likeness (QED) is 0.715. The molecule has 1 saturated carbocycles. The first-order valence-electron chi connectivity index (χ1n) is 7.74. The second-order valence-corrected chi connectivity index (χ2v) is 7.39. The molecule has 5 heteroatoms. The van der Waals surface area contributed by atoms with Gasteiger partial charge in [0, 0.05) is 5.75 Å². The summed E-state index contributed by atoms with van der Waals surface area (Å²) in [6.07, 6.45) is 4.20. The Hall–Kier alpha value is 0.100. The second kappa shape index (κ2) is 8.52. The minimum Gasteiger partial charge on any atom is -0.317 e. The van der Waals surface area contributed by atoms with E-state index in [4.69, 9.17) is 0 Å². The Labute approximate surface area is 125 Å². The molecule has 3 atom stereocenters. The topological polar surface area (TPSA) is 12.0 Å². The molecule has 0 aromatic carbocycles. The van der Waals surface area contributed by atoms with Gasteiger partial charge in [-0.05, 0) is 62.4 Å². The zero-order valence-corrected chi connectivity index (χ0v) is 13.6. The maximum atomic E-state index is 12.3. The van der Waals surface area contributed by atoms with Gasteiger partial charge in [-0.15, -0.1) is 0 Å².